The van der Waals surface area contributed by atoms with Gasteiger partial charge in [-0.1, -0.05) is 0 Å². The molecule has 2 saturated heterocycles. The summed E-state index contributed by atoms with van der Waals surface area (Å²) in [4.78, 5) is 0. The highest BCUT2D eigenvalue weighted by Gasteiger charge is 2.50. The third kappa shape index (κ3) is 3.71. The molecule has 2 fully saturated rings. The van der Waals surface area contributed by atoms with Crippen LogP contribution in [0, 0.1) is 0 Å². The zero-order valence-electron chi connectivity index (χ0n) is 13.0. The van der Waals surface area contributed by atoms with Crippen LogP contribution in [0.5, 0.6) is 0 Å². The van der Waals surface area contributed by atoms with Crippen molar-refractivity contribution in [2.24, 2.45) is 0 Å². The monoisotopic (exact) mass is 356 g/mol. The van der Waals surface area contributed by atoms with Gasteiger partial charge in [0.25, 0.3) is 0 Å². The fourth-order valence-corrected chi connectivity index (χ4v) is 2.75. The molecule has 0 aromatic heterocycles. The van der Waals surface area contributed by atoms with Crippen molar-refractivity contribution >= 4 is 0 Å². The van der Waals surface area contributed by atoms with E-state index in [-0.39, 0.29) is 0 Å². The second-order valence-corrected chi connectivity index (χ2v) is 5.74. The third-order valence-electron chi connectivity index (χ3n) is 4.19. The molecule has 0 saturated carbocycles. The van der Waals surface area contributed by atoms with Crippen molar-refractivity contribution in [1.82, 2.24) is 0 Å². The summed E-state index contributed by atoms with van der Waals surface area (Å²) in [5, 5.41) is 68.0. The van der Waals surface area contributed by atoms with E-state index in [1.807, 2.05) is 0 Å². The lowest BCUT2D eigenvalue weighted by Gasteiger charge is -2.45. The molecule has 24 heavy (non-hydrogen) atoms. The van der Waals surface area contributed by atoms with Gasteiger partial charge in [-0.05, 0) is 0 Å². The van der Waals surface area contributed by atoms with Crippen molar-refractivity contribution in [1.29, 1.82) is 0 Å². The van der Waals surface area contributed by atoms with Crippen molar-refractivity contribution in [2.75, 3.05) is 20.3 Å². The SMILES string of the molecule is CO[C@@H]1O[C@H](CO)[C@@H](O[C@H]2O[C@@H](CO)[C@@H](O)[C@@H](O)[C@@H]2O)[C@H](O)[C@H]1O. The van der Waals surface area contributed by atoms with Gasteiger partial charge in [0.2, 0.25) is 0 Å². The fourth-order valence-electron chi connectivity index (χ4n) is 2.75. The molecule has 0 spiro atoms. The highest BCUT2D eigenvalue weighted by molar-refractivity contribution is 4.93. The van der Waals surface area contributed by atoms with Crippen LogP contribution in [0.3, 0.4) is 0 Å². The van der Waals surface area contributed by atoms with Crippen molar-refractivity contribution < 1.29 is 54.7 Å². The van der Waals surface area contributed by atoms with Crippen LogP contribution in [-0.4, -0.2) is 117 Å². The molecule has 0 bridgehead atoms. The molecule has 2 rings (SSSR count). The molecule has 142 valence electrons. The summed E-state index contributed by atoms with van der Waals surface area (Å²) in [5.41, 5.74) is 0. The molecule has 11 heteroatoms. The van der Waals surface area contributed by atoms with Crippen LogP contribution >= 0.6 is 0 Å². The molecule has 11 nitrogen and oxygen atoms in total. The molecular formula is C13H24O11. The van der Waals surface area contributed by atoms with E-state index < -0.39 is 74.6 Å². The van der Waals surface area contributed by atoms with Gasteiger partial charge in [0.1, 0.15) is 48.8 Å². The second kappa shape index (κ2) is 8.29. The molecule has 0 aromatic carbocycles. The van der Waals surface area contributed by atoms with E-state index in [0.29, 0.717) is 0 Å². The lowest BCUT2D eigenvalue weighted by molar-refractivity contribution is -0.357. The third-order valence-corrected chi connectivity index (χ3v) is 4.19. The molecule has 0 aliphatic carbocycles. The first kappa shape index (κ1) is 19.9. The Kier molecular flexibility index (Phi) is 6.87. The predicted molar refractivity (Wildman–Crippen MR) is 73.4 cm³/mol. The Bertz CT molecular complexity index is 392. The first-order valence-corrected chi connectivity index (χ1v) is 7.46. The zero-order valence-corrected chi connectivity index (χ0v) is 13.0. The van der Waals surface area contributed by atoms with Gasteiger partial charge in [-0.2, -0.15) is 0 Å². The minimum atomic E-state index is -1.69. The number of ether oxygens (including phenoxy) is 4. The van der Waals surface area contributed by atoms with E-state index in [1.165, 1.54) is 7.11 Å². The van der Waals surface area contributed by atoms with Crippen molar-refractivity contribution in [2.45, 2.75) is 61.4 Å². The molecule has 10 atom stereocenters. The first-order valence-electron chi connectivity index (χ1n) is 7.46. The van der Waals surface area contributed by atoms with Gasteiger partial charge in [-0.25, -0.2) is 0 Å². The van der Waals surface area contributed by atoms with Crippen LogP contribution in [0.1, 0.15) is 0 Å². The maximum absolute atomic E-state index is 10.2. The van der Waals surface area contributed by atoms with Gasteiger partial charge >= 0.3 is 0 Å². The first-order chi connectivity index (χ1) is 11.3. The molecule has 0 aromatic rings. The molecule has 0 amide bonds. The molecule has 0 radical (unpaired) electrons. The van der Waals surface area contributed by atoms with Crippen LogP contribution in [0.2, 0.25) is 0 Å². The van der Waals surface area contributed by atoms with Crippen molar-refractivity contribution in [3.63, 3.8) is 0 Å². The van der Waals surface area contributed by atoms with Crippen molar-refractivity contribution in [3.05, 3.63) is 0 Å². The Morgan fingerprint density at radius 3 is 1.79 bits per heavy atom. The largest absolute Gasteiger partial charge is 0.394 e. The molecule has 0 unspecified atom stereocenters. The zero-order chi connectivity index (χ0) is 18.0. The van der Waals surface area contributed by atoms with Gasteiger partial charge in [0.15, 0.2) is 12.6 Å². The number of hydrogen-bond acceptors (Lipinski definition) is 11. The van der Waals surface area contributed by atoms with E-state index >= 15 is 0 Å². The highest BCUT2D eigenvalue weighted by atomic mass is 16.7. The molecule has 7 N–H and O–H groups in total. The molecule has 2 aliphatic rings. The molecular weight excluding hydrogens is 332 g/mol. The normalized spacial score (nSPS) is 50.0. The van der Waals surface area contributed by atoms with E-state index in [0.717, 1.165) is 0 Å². The quantitative estimate of drug-likeness (QED) is 0.251. The number of methoxy groups -OCH3 is 1. The summed E-state index contributed by atoms with van der Waals surface area (Å²) in [6, 6.07) is 0. The number of aliphatic hydroxyl groups is 7. The highest BCUT2D eigenvalue weighted by Crippen LogP contribution is 2.29. The maximum atomic E-state index is 10.2. The Hall–Kier alpha value is -0.440. The topological polar surface area (TPSA) is 179 Å². The van der Waals surface area contributed by atoms with Gasteiger partial charge in [-0.15, -0.1) is 0 Å². The number of hydrogen-bond donors (Lipinski definition) is 7. The van der Waals surface area contributed by atoms with Crippen LogP contribution in [0.15, 0.2) is 0 Å². The molecule has 2 aliphatic heterocycles. The summed E-state index contributed by atoms with van der Waals surface area (Å²) in [6.45, 7) is -1.24. The Morgan fingerprint density at radius 2 is 1.25 bits per heavy atom. The van der Waals surface area contributed by atoms with E-state index in [9.17, 15) is 30.6 Å². The summed E-state index contributed by atoms with van der Waals surface area (Å²) in [6.07, 6.45) is -14.3. The summed E-state index contributed by atoms with van der Waals surface area (Å²) in [7, 11) is 1.24. The van der Waals surface area contributed by atoms with Crippen LogP contribution < -0.4 is 0 Å². The van der Waals surface area contributed by atoms with Gasteiger partial charge in [-0.3, -0.25) is 0 Å². The standard InChI is InChI=1S/C13H24O11/c1-21-12-10(20)8(18)11(5(3-15)23-12)24-13-9(19)7(17)6(16)4(2-14)22-13/h4-20H,2-3H2,1H3/t4-,5+,6+,7+,8+,9-,10+,11+,12+,13+/m0/s1. The summed E-state index contributed by atoms with van der Waals surface area (Å²) < 4.78 is 20.6. The smallest absolute Gasteiger partial charge is 0.187 e. The predicted octanol–water partition coefficient (Wildman–Crippen LogP) is -4.74. The minimum Gasteiger partial charge on any atom is -0.394 e. The van der Waals surface area contributed by atoms with Crippen LogP contribution in [0.4, 0.5) is 0 Å². The Balaban J connectivity index is 2.12. The summed E-state index contributed by atoms with van der Waals surface area (Å²) in [5.74, 6) is 0. The van der Waals surface area contributed by atoms with Crippen LogP contribution in [-0.2, 0) is 18.9 Å². The number of rotatable bonds is 5. The number of aliphatic hydroxyl groups excluding tert-OH is 7. The van der Waals surface area contributed by atoms with E-state index in [2.05, 4.69) is 0 Å². The maximum Gasteiger partial charge on any atom is 0.187 e. The summed E-state index contributed by atoms with van der Waals surface area (Å²) >= 11 is 0. The average molecular weight is 356 g/mol. The Morgan fingerprint density at radius 1 is 0.708 bits per heavy atom. The van der Waals surface area contributed by atoms with Gasteiger partial charge < -0.3 is 54.7 Å². The second-order valence-electron chi connectivity index (χ2n) is 5.74. The van der Waals surface area contributed by atoms with Crippen molar-refractivity contribution in [3.8, 4) is 0 Å². The fraction of sp³-hybridized carbons (Fsp3) is 1.00. The average Bonchev–Trinajstić information content (AvgIpc) is 2.59. The molecule has 2 heterocycles. The van der Waals surface area contributed by atoms with Gasteiger partial charge in [0, 0.05) is 7.11 Å². The van der Waals surface area contributed by atoms with E-state index in [4.69, 9.17) is 24.1 Å². The Labute approximate surface area is 137 Å². The minimum absolute atomic E-state index is 0.592. The lowest BCUT2D eigenvalue weighted by Crippen LogP contribution is -2.64. The lowest BCUT2D eigenvalue weighted by atomic mass is 9.97. The van der Waals surface area contributed by atoms with Crippen LogP contribution in [0.25, 0.3) is 0 Å². The van der Waals surface area contributed by atoms with Gasteiger partial charge in [0.05, 0.1) is 13.2 Å². The van der Waals surface area contributed by atoms with E-state index in [1.54, 1.807) is 0 Å².